The van der Waals surface area contributed by atoms with Gasteiger partial charge in [0.2, 0.25) is 5.91 Å². The number of aromatic nitrogens is 2. The molecule has 7 heteroatoms. The van der Waals surface area contributed by atoms with Gasteiger partial charge in [0.05, 0.1) is 23.4 Å². The number of aliphatic hydroxyl groups excluding tert-OH is 1. The van der Waals surface area contributed by atoms with Crippen LogP contribution in [0.5, 0.6) is 5.75 Å². The van der Waals surface area contributed by atoms with Crippen LogP contribution in [-0.4, -0.2) is 33.4 Å². The number of fused-ring (bicyclic) bond motifs is 1. The first-order chi connectivity index (χ1) is 15.6. The summed E-state index contributed by atoms with van der Waals surface area (Å²) in [6, 6.07) is 21.1. The van der Waals surface area contributed by atoms with Crippen molar-refractivity contribution in [2.24, 2.45) is 0 Å². The largest absolute Gasteiger partial charge is 0.484 e. The van der Waals surface area contributed by atoms with E-state index in [0.717, 1.165) is 22.2 Å². The molecular formula is C25H24FN3O3. The SMILES string of the molecule is CC[C@H](NC(=O)CO)[C@H](Oc1ccc2c(cnn2-c2ccc(F)cc2)c1)c1ccccc1. The van der Waals surface area contributed by atoms with E-state index in [1.807, 2.05) is 55.5 Å². The van der Waals surface area contributed by atoms with Gasteiger partial charge in [-0.05, 0) is 54.4 Å². The van der Waals surface area contributed by atoms with Gasteiger partial charge in [-0.1, -0.05) is 37.3 Å². The number of benzene rings is 3. The second kappa shape index (κ2) is 9.62. The Morgan fingerprint density at radius 2 is 1.88 bits per heavy atom. The van der Waals surface area contributed by atoms with Crippen molar-refractivity contribution in [2.45, 2.75) is 25.5 Å². The fraction of sp³-hybridized carbons (Fsp3) is 0.200. The zero-order chi connectivity index (χ0) is 22.5. The Labute approximate surface area is 185 Å². The summed E-state index contributed by atoms with van der Waals surface area (Å²) in [5.41, 5.74) is 2.54. The Hall–Kier alpha value is -3.71. The molecule has 1 aromatic heterocycles. The molecule has 0 aliphatic heterocycles. The Morgan fingerprint density at radius 1 is 1.12 bits per heavy atom. The summed E-state index contributed by atoms with van der Waals surface area (Å²) in [6.45, 7) is 1.38. The van der Waals surface area contributed by atoms with E-state index in [0.29, 0.717) is 12.2 Å². The quantitative estimate of drug-likeness (QED) is 0.437. The highest BCUT2D eigenvalue weighted by molar-refractivity contribution is 5.81. The monoisotopic (exact) mass is 433 g/mol. The van der Waals surface area contributed by atoms with Gasteiger partial charge in [-0.2, -0.15) is 5.10 Å². The number of amides is 1. The lowest BCUT2D eigenvalue weighted by Gasteiger charge is -2.28. The first kappa shape index (κ1) is 21.5. The van der Waals surface area contributed by atoms with Crippen molar-refractivity contribution in [3.63, 3.8) is 0 Å². The molecule has 0 aliphatic carbocycles. The second-order valence-electron chi connectivity index (χ2n) is 7.44. The molecule has 1 heterocycles. The molecule has 2 N–H and O–H groups in total. The van der Waals surface area contributed by atoms with Crippen LogP contribution in [0.1, 0.15) is 25.0 Å². The van der Waals surface area contributed by atoms with Crippen LogP contribution < -0.4 is 10.1 Å². The van der Waals surface area contributed by atoms with E-state index in [-0.39, 0.29) is 11.9 Å². The number of carbonyl (C=O) groups excluding carboxylic acids is 1. The fourth-order valence-electron chi connectivity index (χ4n) is 3.69. The van der Waals surface area contributed by atoms with Crippen molar-refractivity contribution in [2.75, 3.05) is 6.61 Å². The topological polar surface area (TPSA) is 76.4 Å². The highest BCUT2D eigenvalue weighted by Crippen LogP contribution is 2.29. The standard InChI is InChI=1S/C25H24FN3O3/c1-2-22(28-24(31)16-30)25(17-6-4-3-5-7-17)32-21-12-13-23-18(14-21)15-27-29(23)20-10-8-19(26)9-11-20/h3-15,22,25,30H,2,16H2,1H3,(H,28,31)/t22-,25+/m0/s1. The van der Waals surface area contributed by atoms with Crippen LogP contribution in [0.15, 0.2) is 79.0 Å². The molecule has 1 amide bonds. The van der Waals surface area contributed by atoms with Gasteiger partial charge >= 0.3 is 0 Å². The zero-order valence-electron chi connectivity index (χ0n) is 17.6. The minimum absolute atomic E-state index is 0.299. The van der Waals surface area contributed by atoms with Crippen molar-refractivity contribution in [1.82, 2.24) is 15.1 Å². The van der Waals surface area contributed by atoms with E-state index in [1.165, 1.54) is 12.1 Å². The molecule has 0 spiro atoms. The number of ether oxygens (including phenoxy) is 1. The molecule has 0 unspecified atom stereocenters. The molecule has 4 aromatic rings. The molecule has 0 saturated heterocycles. The summed E-state index contributed by atoms with van der Waals surface area (Å²) in [4.78, 5) is 11.9. The summed E-state index contributed by atoms with van der Waals surface area (Å²) in [6.07, 6.45) is 1.91. The fourth-order valence-corrected chi connectivity index (χ4v) is 3.69. The molecule has 6 nitrogen and oxygen atoms in total. The van der Waals surface area contributed by atoms with Crippen LogP contribution in [-0.2, 0) is 4.79 Å². The van der Waals surface area contributed by atoms with Crippen molar-refractivity contribution in [1.29, 1.82) is 0 Å². The third kappa shape index (κ3) is 4.63. The van der Waals surface area contributed by atoms with Crippen molar-refractivity contribution < 1.29 is 19.0 Å². The normalized spacial score (nSPS) is 13.0. The van der Waals surface area contributed by atoms with E-state index in [2.05, 4.69) is 10.4 Å². The highest BCUT2D eigenvalue weighted by Gasteiger charge is 2.25. The summed E-state index contributed by atoms with van der Waals surface area (Å²) >= 11 is 0. The van der Waals surface area contributed by atoms with Gasteiger partial charge in [-0.15, -0.1) is 0 Å². The van der Waals surface area contributed by atoms with Crippen LogP contribution >= 0.6 is 0 Å². The summed E-state index contributed by atoms with van der Waals surface area (Å²) < 4.78 is 21.4. The van der Waals surface area contributed by atoms with Gasteiger partial charge in [-0.3, -0.25) is 4.79 Å². The number of carbonyl (C=O) groups is 1. The van der Waals surface area contributed by atoms with Crippen LogP contribution in [0, 0.1) is 5.82 Å². The minimum atomic E-state index is -0.577. The zero-order valence-corrected chi connectivity index (χ0v) is 17.6. The average Bonchev–Trinajstić information content (AvgIpc) is 3.25. The van der Waals surface area contributed by atoms with Crippen molar-refractivity contribution >= 4 is 16.8 Å². The molecule has 164 valence electrons. The average molecular weight is 433 g/mol. The van der Waals surface area contributed by atoms with Gasteiger partial charge in [0.15, 0.2) is 0 Å². The van der Waals surface area contributed by atoms with Gasteiger partial charge in [0.1, 0.15) is 24.3 Å². The summed E-state index contributed by atoms with van der Waals surface area (Å²) in [5.74, 6) is -0.120. The van der Waals surface area contributed by atoms with Crippen molar-refractivity contribution in [3.8, 4) is 11.4 Å². The molecule has 0 bridgehead atoms. The molecule has 0 radical (unpaired) electrons. The molecule has 3 aromatic carbocycles. The molecule has 32 heavy (non-hydrogen) atoms. The summed E-state index contributed by atoms with van der Waals surface area (Å²) in [7, 11) is 0. The van der Waals surface area contributed by atoms with Crippen LogP contribution in [0.4, 0.5) is 4.39 Å². The van der Waals surface area contributed by atoms with Gasteiger partial charge in [0, 0.05) is 5.39 Å². The molecule has 2 atom stereocenters. The third-order valence-corrected chi connectivity index (χ3v) is 5.30. The van der Waals surface area contributed by atoms with Crippen molar-refractivity contribution in [3.05, 3.63) is 90.4 Å². The maximum absolute atomic E-state index is 13.3. The molecular weight excluding hydrogens is 409 g/mol. The van der Waals surface area contributed by atoms with E-state index >= 15 is 0 Å². The minimum Gasteiger partial charge on any atom is -0.484 e. The number of hydrogen-bond donors (Lipinski definition) is 2. The lowest BCUT2D eigenvalue weighted by Crippen LogP contribution is -2.42. The smallest absolute Gasteiger partial charge is 0.246 e. The predicted octanol–water partition coefficient (Wildman–Crippen LogP) is 4.17. The molecule has 0 aliphatic rings. The van der Waals surface area contributed by atoms with Crippen LogP contribution in [0.25, 0.3) is 16.6 Å². The van der Waals surface area contributed by atoms with Crippen LogP contribution in [0.2, 0.25) is 0 Å². The predicted molar refractivity (Wildman–Crippen MR) is 120 cm³/mol. The van der Waals surface area contributed by atoms with E-state index in [9.17, 15) is 9.18 Å². The lowest BCUT2D eigenvalue weighted by atomic mass is 9.99. The Kier molecular flexibility index (Phi) is 6.47. The number of aliphatic hydroxyl groups is 1. The molecule has 0 fully saturated rings. The molecule has 4 rings (SSSR count). The third-order valence-electron chi connectivity index (χ3n) is 5.30. The van der Waals surface area contributed by atoms with Gasteiger partial charge in [-0.25, -0.2) is 9.07 Å². The lowest BCUT2D eigenvalue weighted by molar-refractivity contribution is -0.125. The second-order valence-corrected chi connectivity index (χ2v) is 7.44. The Balaban J connectivity index is 1.65. The summed E-state index contributed by atoms with van der Waals surface area (Å²) in [5, 5.41) is 17.3. The maximum atomic E-state index is 13.3. The first-order valence-corrected chi connectivity index (χ1v) is 10.4. The number of nitrogens with one attached hydrogen (secondary N) is 1. The van der Waals surface area contributed by atoms with E-state index < -0.39 is 18.6 Å². The number of nitrogens with zero attached hydrogens (tertiary/aromatic N) is 2. The molecule has 0 saturated carbocycles. The van der Waals surface area contributed by atoms with Crippen LogP contribution in [0.3, 0.4) is 0 Å². The Bertz CT molecular complexity index is 1190. The highest BCUT2D eigenvalue weighted by atomic mass is 19.1. The Morgan fingerprint density at radius 3 is 2.56 bits per heavy atom. The number of rotatable bonds is 8. The number of hydrogen-bond acceptors (Lipinski definition) is 4. The van der Waals surface area contributed by atoms with Gasteiger partial charge < -0.3 is 15.2 Å². The number of halogens is 1. The van der Waals surface area contributed by atoms with E-state index in [1.54, 1.807) is 23.0 Å². The first-order valence-electron chi connectivity index (χ1n) is 10.4. The maximum Gasteiger partial charge on any atom is 0.246 e. The van der Waals surface area contributed by atoms with Gasteiger partial charge in [0.25, 0.3) is 0 Å². The van der Waals surface area contributed by atoms with E-state index in [4.69, 9.17) is 9.84 Å².